The van der Waals surface area contributed by atoms with Crippen LogP contribution in [0, 0.1) is 0 Å². The summed E-state index contributed by atoms with van der Waals surface area (Å²) in [4.78, 5) is 24.7. The zero-order valence-electron chi connectivity index (χ0n) is 18.5. The Morgan fingerprint density at radius 2 is 1.59 bits per heavy atom. The summed E-state index contributed by atoms with van der Waals surface area (Å²) < 4.78 is 0. The van der Waals surface area contributed by atoms with Crippen LogP contribution in [0.2, 0.25) is 0 Å². The molecule has 0 atom stereocenters. The van der Waals surface area contributed by atoms with Crippen LogP contribution >= 0.6 is 0 Å². The molecule has 3 aromatic rings. The van der Waals surface area contributed by atoms with E-state index < -0.39 is 0 Å². The maximum atomic E-state index is 13.1. The lowest BCUT2D eigenvalue weighted by Gasteiger charge is -2.10. The van der Waals surface area contributed by atoms with Crippen LogP contribution in [0.25, 0.3) is 16.7 Å². The molecule has 0 saturated heterocycles. The minimum Gasteiger partial charge on any atom is -0.298 e. The van der Waals surface area contributed by atoms with E-state index >= 15 is 0 Å². The molecular formula is C30H28O2. The van der Waals surface area contributed by atoms with E-state index in [0.717, 1.165) is 40.5 Å². The van der Waals surface area contributed by atoms with Crippen LogP contribution in [0.3, 0.4) is 0 Å². The number of ketones is 1. The lowest BCUT2D eigenvalue weighted by Crippen LogP contribution is -2.05. The van der Waals surface area contributed by atoms with Gasteiger partial charge in [0.25, 0.3) is 0 Å². The van der Waals surface area contributed by atoms with Crippen LogP contribution < -0.4 is 0 Å². The molecule has 0 aliphatic carbocycles. The van der Waals surface area contributed by atoms with Crippen molar-refractivity contribution in [1.82, 2.24) is 0 Å². The van der Waals surface area contributed by atoms with Crippen molar-refractivity contribution in [2.75, 3.05) is 0 Å². The van der Waals surface area contributed by atoms with Crippen molar-refractivity contribution in [2.24, 2.45) is 0 Å². The molecule has 0 saturated carbocycles. The number of rotatable bonds is 10. The fraction of sp³-hybridized carbons (Fsp3) is 0.133. The van der Waals surface area contributed by atoms with Crippen molar-refractivity contribution >= 4 is 17.6 Å². The molecule has 160 valence electrons. The molecule has 2 nitrogen and oxygen atoms in total. The topological polar surface area (TPSA) is 34.1 Å². The third kappa shape index (κ3) is 5.89. The van der Waals surface area contributed by atoms with Gasteiger partial charge in [0.2, 0.25) is 0 Å². The van der Waals surface area contributed by atoms with Gasteiger partial charge in [-0.05, 0) is 46.7 Å². The summed E-state index contributed by atoms with van der Waals surface area (Å²) in [5.74, 6) is 0.0593. The highest BCUT2D eigenvalue weighted by Crippen LogP contribution is 2.24. The molecule has 0 radical (unpaired) electrons. The van der Waals surface area contributed by atoms with Crippen molar-refractivity contribution in [1.29, 1.82) is 0 Å². The van der Waals surface area contributed by atoms with Crippen molar-refractivity contribution in [2.45, 2.75) is 26.2 Å². The number of aryl methyl sites for hydroxylation is 1. The molecule has 0 bridgehead atoms. The van der Waals surface area contributed by atoms with Crippen LogP contribution in [0.5, 0.6) is 0 Å². The summed E-state index contributed by atoms with van der Waals surface area (Å²) in [7, 11) is 0. The molecule has 0 aliphatic rings. The first-order valence-corrected chi connectivity index (χ1v) is 10.9. The fourth-order valence-electron chi connectivity index (χ4n) is 3.67. The van der Waals surface area contributed by atoms with Gasteiger partial charge in [-0.1, -0.05) is 105 Å². The van der Waals surface area contributed by atoms with Gasteiger partial charge in [-0.15, -0.1) is 0 Å². The Morgan fingerprint density at radius 1 is 0.906 bits per heavy atom. The maximum absolute atomic E-state index is 13.1. The van der Waals surface area contributed by atoms with Gasteiger partial charge in [0.1, 0.15) is 6.29 Å². The van der Waals surface area contributed by atoms with E-state index in [2.05, 4.69) is 6.58 Å². The van der Waals surface area contributed by atoms with Crippen molar-refractivity contribution in [3.63, 3.8) is 0 Å². The van der Waals surface area contributed by atoms with Crippen LogP contribution in [-0.4, -0.2) is 12.1 Å². The zero-order valence-corrected chi connectivity index (χ0v) is 18.5. The highest BCUT2D eigenvalue weighted by molar-refractivity contribution is 6.00. The van der Waals surface area contributed by atoms with Crippen LogP contribution in [0.4, 0.5) is 0 Å². The third-order valence-corrected chi connectivity index (χ3v) is 5.38. The number of aldehydes is 1. The molecule has 3 rings (SSSR count). The molecule has 3 aromatic carbocycles. The molecule has 0 spiro atoms. The summed E-state index contributed by atoms with van der Waals surface area (Å²) in [6.07, 6.45) is 8.12. The summed E-state index contributed by atoms with van der Waals surface area (Å²) in [6.45, 7) is 5.94. The Morgan fingerprint density at radius 3 is 2.22 bits per heavy atom. The van der Waals surface area contributed by atoms with Gasteiger partial charge in [-0.2, -0.15) is 0 Å². The van der Waals surface area contributed by atoms with Gasteiger partial charge in [0, 0.05) is 17.6 Å². The quantitative estimate of drug-likeness (QED) is 0.196. The minimum atomic E-state index is 0.0593. The molecule has 0 heterocycles. The standard InChI is InChI=1S/C30H28O2/c1-3-11-28(20-23(4-2)24-12-7-5-8-13-24)30(32)19-18-27-21-26(16-17-29(27)22-31)25-14-9-6-10-15-25/h4-17,20-22H,2-3,18-19H2,1H3/b23-20+,28-11+. The van der Waals surface area contributed by atoms with Gasteiger partial charge < -0.3 is 0 Å². The van der Waals surface area contributed by atoms with Crippen molar-refractivity contribution in [3.8, 4) is 11.1 Å². The molecule has 0 unspecified atom stereocenters. The largest absolute Gasteiger partial charge is 0.298 e. The Hall–Kier alpha value is -3.78. The van der Waals surface area contributed by atoms with Crippen molar-refractivity contribution in [3.05, 3.63) is 126 Å². The molecule has 0 amide bonds. The van der Waals surface area contributed by atoms with E-state index in [0.29, 0.717) is 24.0 Å². The van der Waals surface area contributed by atoms with Crippen molar-refractivity contribution < 1.29 is 9.59 Å². The van der Waals surface area contributed by atoms with Gasteiger partial charge in [-0.3, -0.25) is 9.59 Å². The minimum absolute atomic E-state index is 0.0593. The second-order valence-electron chi connectivity index (χ2n) is 7.56. The van der Waals surface area contributed by atoms with Crippen LogP contribution in [-0.2, 0) is 11.2 Å². The molecule has 32 heavy (non-hydrogen) atoms. The number of hydrogen-bond acceptors (Lipinski definition) is 2. The number of benzene rings is 3. The molecule has 0 aliphatic heterocycles. The van der Waals surface area contributed by atoms with E-state index in [1.807, 2.05) is 97.9 Å². The Balaban J connectivity index is 1.82. The first-order chi connectivity index (χ1) is 15.7. The monoisotopic (exact) mass is 420 g/mol. The summed E-state index contributed by atoms with van der Waals surface area (Å²) in [5.41, 5.74) is 6.27. The summed E-state index contributed by atoms with van der Waals surface area (Å²) >= 11 is 0. The van der Waals surface area contributed by atoms with Gasteiger partial charge in [0.05, 0.1) is 0 Å². The van der Waals surface area contributed by atoms with E-state index in [-0.39, 0.29) is 5.78 Å². The molecular weight excluding hydrogens is 392 g/mol. The number of allylic oxidation sites excluding steroid dienone is 5. The third-order valence-electron chi connectivity index (χ3n) is 5.38. The summed E-state index contributed by atoms with van der Waals surface area (Å²) in [6, 6.07) is 25.8. The molecule has 2 heteroatoms. The Labute approximate surface area is 190 Å². The van der Waals surface area contributed by atoms with Gasteiger partial charge in [-0.25, -0.2) is 0 Å². The highest BCUT2D eigenvalue weighted by Gasteiger charge is 2.12. The number of hydrogen-bond donors (Lipinski definition) is 0. The highest BCUT2D eigenvalue weighted by atomic mass is 16.1. The molecule has 0 fully saturated rings. The number of carbonyl (C=O) groups excluding carboxylic acids is 2. The smallest absolute Gasteiger partial charge is 0.162 e. The van der Waals surface area contributed by atoms with E-state index in [9.17, 15) is 9.59 Å². The van der Waals surface area contributed by atoms with Crippen LogP contribution in [0.15, 0.2) is 109 Å². The maximum Gasteiger partial charge on any atom is 0.162 e. The lowest BCUT2D eigenvalue weighted by atomic mass is 9.94. The normalized spacial score (nSPS) is 11.8. The van der Waals surface area contributed by atoms with Crippen LogP contribution in [0.1, 0.15) is 41.3 Å². The SMILES string of the molecule is C=C/C(=C\C(=C/CC)C(=O)CCc1cc(-c2ccccc2)ccc1C=O)c1ccccc1. The molecule has 0 N–H and O–H groups in total. The van der Waals surface area contributed by atoms with E-state index in [1.54, 1.807) is 6.08 Å². The van der Waals surface area contributed by atoms with E-state index in [1.165, 1.54) is 0 Å². The second kappa shape index (κ2) is 11.6. The first-order valence-electron chi connectivity index (χ1n) is 10.9. The predicted octanol–water partition coefficient (Wildman–Crippen LogP) is 7.27. The summed E-state index contributed by atoms with van der Waals surface area (Å²) in [5, 5.41) is 0. The average molecular weight is 421 g/mol. The second-order valence-corrected chi connectivity index (χ2v) is 7.56. The van der Waals surface area contributed by atoms with Gasteiger partial charge >= 0.3 is 0 Å². The first kappa shape index (κ1) is 22.9. The predicted molar refractivity (Wildman–Crippen MR) is 134 cm³/mol. The van der Waals surface area contributed by atoms with Gasteiger partial charge in [0.15, 0.2) is 5.78 Å². The Kier molecular flexibility index (Phi) is 8.28. The van der Waals surface area contributed by atoms with E-state index in [4.69, 9.17) is 0 Å². The molecule has 0 aromatic heterocycles. The fourth-order valence-corrected chi connectivity index (χ4v) is 3.67. The lowest BCUT2D eigenvalue weighted by molar-refractivity contribution is -0.115. The number of Topliss-reactive ketones (excluding diaryl/α,β-unsaturated/α-hetero) is 1. The zero-order chi connectivity index (χ0) is 22.8. The number of carbonyl (C=O) groups is 2. The average Bonchev–Trinajstić information content (AvgIpc) is 2.86. The Bertz CT molecular complexity index is 1140.